The molecule has 2 N–H and O–H groups in total. The summed E-state index contributed by atoms with van der Waals surface area (Å²) in [6.45, 7) is 0.515. The van der Waals surface area contributed by atoms with Crippen LogP contribution < -0.4 is 5.32 Å². The van der Waals surface area contributed by atoms with Gasteiger partial charge in [0, 0.05) is 12.1 Å². The topological polar surface area (TPSA) is 62.2 Å². The largest absolute Gasteiger partial charge is 0.508 e. The minimum Gasteiger partial charge on any atom is -0.508 e. The van der Waals surface area contributed by atoms with Gasteiger partial charge >= 0.3 is 0 Å². The Hall–Kier alpha value is -3.14. The molecule has 2 aromatic carbocycles. The van der Waals surface area contributed by atoms with Gasteiger partial charge in [0.15, 0.2) is 0 Å². The van der Waals surface area contributed by atoms with Crippen molar-refractivity contribution in [1.82, 2.24) is 10.3 Å². The molecule has 3 rings (SSSR count). The van der Waals surface area contributed by atoms with Gasteiger partial charge in [-0.3, -0.25) is 4.79 Å². The number of carbonyl (C=O) groups is 1. The first-order chi connectivity index (χ1) is 11.7. The number of hydrogen-bond donors (Lipinski definition) is 2. The molecule has 0 atom stereocenters. The molecule has 0 saturated carbocycles. The van der Waals surface area contributed by atoms with Gasteiger partial charge in [0.2, 0.25) is 0 Å². The summed E-state index contributed by atoms with van der Waals surface area (Å²) in [6, 6.07) is 22.2. The van der Waals surface area contributed by atoms with Crippen LogP contribution in [0.2, 0.25) is 0 Å². The van der Waals surface area contributed by atoms with E-state index in [4.69, 9.17) is 0 Å². The standard InChI is InChI=1S/C20H18N2O2/c23-17-11-9-15(10-12-17)13-14-21-20(24)19-8-4-7-18(22-19)16-5-2-1-3-6-16/h1-12,23H,13-14H2,(H,21,24). The molecule has 0 aliphatic carbocycles. The average molecular weight is 318 g/mol. The molecule has 1 aromatic heterocycles. The maximum Gasteiger partial charge on any atom is 0.269 e. The van der Waals surface area contributed by atoms with Gasteiger partial charge in [-0.2, -0.15) is 0 Å². The van der Waals surface area contributed by atoms with E-state index in [0.717, 1.165) is 16.8 Å². The van der Waals surface area contributed by atoms with Crippen molar-refractivity contribution in [2.45, 2.75) is 6.42 Å². The lowest BCUT2D eigenvalue weighted by molar-refractivity contribution is 0.0949. The Labute approximate surface area is 140 Å². The lowest BCUT2D eigenvalue weighted by Crippen LogP contribution is -2.26. The van der Waals surface area contributed by atoms with Gasteiger partial charge < -0.3 is 10.4 Å². The zero-order valence-electron chi connectivity index (χ0n) is 13.1. The second kappa shape index (κ2) is 7.42. The van der Waals surface area contributed by atoms with Gasteiger partial charge in [0.1, 0.15) is 11.4 Å². The highest BCUT2D eigenvalue weighted by molar-refractivity contribution is 5.92. The maximum atomic E-state index is 12.3. The highest BCUT2D eigenvalue weighted by Gasteiger charge is 2.08. The smallest absolute Gasteiger partial charge is 0.269 e. The van der Waals surface area contributed by atoms with E-state index in [1.807, 2.05) is 54.6 Å². The molecule has 4 heteroatoms. The molecular formula is C20H18N2O2. The molecule has 3 aromatic rings. The SMILES string of the molecule is O=C(NCCc1ccc(O)cc1)c1cccc(-c2ccccc2)n1. The number of carbonyl (C=O) groups excluding carboxylic acids is 1. The average Bonchev–Trinajstić information content (AvgIpc) is 2.64. The van der Waals surface area contributed by atoms with Crippen LogP contribution in [0.15, 0.2) is 72.8 Å². The van der Waals surface area contributed by atoms with Crippen LogP contribution in [0, 0.1) is 0 Å². The zero-order valence-corrected chi connectivity index (χ0v) is 13.1. The van der Waals surface area contributed by atoms with Crippen LogP contribution >= 0.6 is 0 Å². The minimum absolute atomic E-state index is 0.188. The second-order valence-corrected chi connectivity index (χ2v) is 5.45. The van der Waals surface area contributed by atoms with Crippen molar-refractivity contribution in [1.29, 1.82) is 0 Å². The number of amides is 1. The summed E-state index contributed by atoms with van der Waals surface area (Å²) in [5, 5.41) is 12.1. The van der Waals surface area contributed by atoms with Crippen molar-refractivity contribution >= 4 is 5.91 Å². The summed E-state index contributed by atoms with van der Waals surface area (Å²) in [5.74, 6) is 0.0521. The highest BCUT2D eigenvalue weighted by Crippen LogP contribution is 2.16. The molecule has 0 bridgehead atoms. The Kier molecular flexibility index (Phi) is 4.87. The monoisotopic (exact) mass is 318 g/mol. The van der Waals surface area contributed by atoms with E-state index in [1.165, 1.54) is 0 Å². The molecule has 0 radical (unpaired) electrons. The van der Waals surface area contributed by atoms with E-state index in [-0.39, 0.29) is 11.7 Å². The van der Waals surface area contributed by atoms with Crippen molar-refractivity contribution in [3.63, 3.8) is 0 Å². The van der Waals surface area contributed by atoms with Gasteiger partial charge in [-0.05, 0) is 36.2 Å². The predicted octanol–water partition coefficient (Wildman–Crippen LogP) is 3.43. The first-order valence-electron chi connectivity index (χ1n) is 7.81. The fourth-order valence-electron chi connectivity index (χ4n) is 2.40. The van der Waals surface area contributed by atoms with Crippen LogP contribution in [0.5, 0.6) is 5.75 Å². The van der Waals surface area contributed by atoms with Crippen molar-refractivity contribution in [2.75, 3.05) is 6.54 Å². The van der Waals surface area contributed by atoms with Crippen LogP contribution in [-0.2, 0) is 6.42 Å². The normalized spacial score (nSPS) is 10.3. The van der Waals surface area contributed by atoms with E-state index < -0.39 is 0 Å². The molecule has 4 nitrogen and oxygen atoms in total. The molecule has 1 heterocycles. The summed E-state index contributed by atoms with van der Waals surface area (Å²) < 4.78 is 0. The number of rotatable bonds is 5. The molecule has 0 spiro atoms. The number of benzene rings is 2. The maximum absolute atomic E-state index is 12.3. The molecule has 0 unspecified atom stereocenters. The lowest BCUT2D eigenvalue weighted by Gasteiger charge is -2.07. The van der Waals surface area contributed by atoms with Gasteiger partial charge in [0.25, 0.3) is 5.91 Å². The fourth-order valence-corrected chi connectivity index (χ4v) is 2.40. The Morgan fingerprint density at radius 2 is 1.67 bits per heavy atom. The van der Waals surface area contributed by atoms with Crippen LogP contribution in [0.1, 0.15) is 16.1 Å². The predicted molar refractivity (Wildman–Crippen MR) is 93.8 cm³/mol. The van der Waals surface area contributed by atoms with Gasteiger partial charge in [-0.15, -0.1) is 0 Å². The molecule has 0 saturated heterocycles. The minimum atomic E-state index is -0.188. The van der Waals surface area contributed by atoms with E-state index in [0.29, 0.717) is 18.7 Å². The van der Waals surface area contributed by atoms with Crippen molar-refractivity contribution in [2.24, 2.45) is 0 Å². The van der Waals surface area contributed by atoms with Crippen LogP contribution in [0.3, 0.4) is 0 Å². The Morgan fingerprint density at radius 1 is 0.917 bits per heavy atom. The van der Waals surface area contributed by atoms with Crippen LogP contribution in [0.4, 0.5) is 0 Å². The number of nitrogens with zero attached hydrogens (tertiary/aromatic N) is 1. The summed E-state index contributed by atoms with van der Waals surface area (Å²) in [7, 11) is 0. The fraction of sp³-hybridized carbons (Fsp3) is 0.100. The first kappa shape index (κ1) is 15.7. The number of nitrogens with one attached hydrogen (secondary N) is 1. The van der Waals surface area contributed by atoms with Crippen LogP contribution in [-0.4, -0.2) is 22.5 Å². The summed E-state index contributed by atoms with van der Waals surface area (Å²) in [5.41, 5.74) is 3.22. The van der Waals surface area contributed by atoms with Gasteiger partial charge in [-0.1, -0.05) is 48.5 Å². The Morgan fingerprint density at radius 3 is 2.42 bits per heavy atom. The van der Waals surface area contributed by atoms with E-state index in [2.05, 4.69) is 10.3 Å². The Bertz CT molecular complexity index is 815. The number of hydrogen-bond acceptors (Lipinski definition) is 3. The molecule has 1 amide bonds. The van der Waals surface area contributed by atoms with E-state index >= 15 is 0 Å². The lowest BCUT2D eigenvalue weighted by atomic mass is 10.1. The third kappa shape index (κ3) is 3.98. The summed E-state index contributed by atoms with van der Waals surface area (Å²) >= 11 is 0. The highest BCUT2D eigenvalue weighted by atomic mass is 16.3. The summed E-state index contributed by atoms with van der Waals surface area (Å²) in [6.07, 6.45) is 0.699. The Balaban J connectivity index is 1.62. The quantitative estimate of drug-likeness (QED) is 0.757. The van der Waals surface area contributed by atoms with E-state index in [1.54, 1.807) is 18.2 Å². The van der Waals surface area contributed by atoms with Gasteiger partial charge in [-0.25, -0.2) is 4.98 Å². The van der Waals surface area contributed by atoms with E-state index in [9.17, 15) is 9.90 Å². The number of phenolic OH excluding ortho intramolecular Hbond substituents is 1. The molecule has 120 valence electrons. The molecule has 0 aliphatic rings. The number of aromatic hydroxyl groups is 1. The molecule has 24 heavy (non-hydrogen) atoms. The van der Waals surface area contributed by atoms with Gasteiger partial charge in [0.05, 0.1) is 5.69 Å². The molecular weight excluding hydrogens is 300 g/mol. The number of pyridine rings is 1. The van der Waals surface area contributed by atoms with Crippen LogP contribution in [0.25, 0.3) is 11.3 Å². The molecule has 0 fully saturated rings. The molecule has 0 aliphatic heterocycles. The number of aromatic nitrogens is 1. The third-order valence-electron chi connectivity index (χ3n) is 3.69. The number of phenols is 1. The second-order valence-electron chi connectivity index (χ2n) is 5.45. The third-order valence-corrected chi connectivity index (χ3v) is 3.69. The summed E-state index contributed by atoms with van der Waals surface area (Å²) in [4.78, 5) is 16.7. The van der Waals surface area contributed by atoms with Crippen molar-refractivity contribution in [3.8, 4) is 17.0 Å². The first-order valence-corrected chi connectivity index (χ1v) is 7.81. The zero-order chi connectivity index (χ0) is 16.8. The van der Waals surface area contributed by atoms with Crippen molar-refractivity contribution in [3.05, 3.63) is 84.1 Å². The van der Waals surface area contributed by atoms with Crippen molar-refractivity contribution < 1.29 is 9.90 Å².